The van der Waals surface area contributed by atoms with Crippen LogP contribution < -0.4 is 4.90 Å². The van der Waals surface area contributed by atoms with Gasteiger partial charge in [0.15, 0.2) is 0 Å². The molecule has 0 aromatic heterocycles. The maximum Gasteiger partial charge on any atom is 0.0410 e. The van der Waals surface area contributed by atoms with Gasteiger partial charge in [0.2, 0.25) is 0 Å². The second kappa shape index (κ2) is 8.08. The molecule has 1 unspecified atom stereocenters. The number of benzene rings is 2. The van der Waals surface area contributed by atoms with Gasteiger partial charge in [0.25, 0.3) is 0 Å². The molecule has 1 atom stereocenters. The Bertz CT molecular complexity index is 577. The third-order valence-electron chi connectivity index (χ3n) is 5.01. The van der Waals surface area contributed by atoms with Gasteiger partial charge < -0.3 is 4.90 Å². The van der Waals surface area contributed by atoms with Gasteiger partial charge in [-0.25, -0.2) is 0 Å². The Hall–Kier alpha value is -1.76. The summed E-state index contributed by atoms with van der Waals surface area (Å²) in [5, 5.41) is 0. The predicted octanol–water partition coefficient (Wildman–Crippen LogP) is 7.31. The Morgan fingerprint density at radius 3 is 1.52 bits per heavy atom. The first-order chi connectivity index (χ1) is 11.7. The molecule has 0 aliphatic carbocycles. The van der Waals surface area contributed by atoms with Crippen LogP contribution in [-0.2, 0) is 0 Å². The molecule has 1 heteroatoms. The van der Waals surface area contributed by atoms with Crippen LogP contribution >= 0.6 is 0 Å². The summed E-state index contributed by atoms with van der Waals surface area (Å²) in [6, 6.07) is 21.6. The molecular weight excluding hydrogens is 302 g/mol. The zero-order valence-electron chi connectivity index (χ0n) is 16.9. The maximum atomic E-state index is 2.48. The third-order valence-corrected chi connectivity index (χ3v) is 5.01. The lowest BCUT2D eigenvalue weighted by atomic mass is 9.74. The minimum atomic E-state index is 0.285. The molecule has 0 spiro atoms. The molecule has 25 heavy (non-hydrogen) atoms. The molecule has 0 aliphatic rings. The first-order valence-corrected chi connectivity index (χ1v) is 9.54. The van der Waals surface area contributed by atoms with Crippen molar-refractivity contribution in [2.45, 2.75) is 54.4 Å². The van der Waals surface area contributed by atoms with Gasteiger partial charge in [-0.3, -0.25) is 0 Å². The van der Waals surface area contributed by atoms with Gasteiger partial charge in [-0.2, -0.15) is 0 Å². The molecule has 1 nitrogen and oxygen atoms in total. The Morgan fingerprint density at radius 1 is 0.720 bits per heavy atom. The van der Waals surface area contributed by atoms with E-state index in [1.807, 2.05) is 0 Å². The lowest BCUT2D eigenvalue weighted by molar-refractivity contribution is 0.202. The molecule has 0 aliphatic heterocycles. The summed E-state index contributed by atoms with van der Waals surface area (Å²) in [4.78, 5) is 2.48. The third kappa shape index (κ3) is 6.23. The van der Waals surface area contributed by atoms with Crippen LogP contribution in [0.25, 0.3) is 0 Å². The van der Waals surface area contributed by atoms with E-state index in [2.05, 4.69) is 107 Å². The van der Waals surface area contributed by atoms with Gasteiger partial charge >= 0.3 is 0 Å². The summed E-state index contributed by atoms with van der Waals surface area (Å²) < 4.78 is 0. The average Bonchev–Trinajstić information content (AvgIpc) is 2.54. The molecule has 0 radical (unpaired) electrons. The lowest BCUT2D eigenvalue weighted by Crippen LogP contribution is -2.33. The van der Waals surface area contributed by atoms with Gasteiger partial charge in [0, 0.05) is 17.9 Å². The Labute approximate surface area is 155 Å². The van der Waals surface area contributed by atoms with Gasteiger partial charge in [-0.05, 0) is 53.9 Å². The number of hydrogen-bond donors (Lipinski definition) is 0. The van der Waals surface area contributed by atoms with E-state index in [-0.39, 0.29) is 5.41 Å². The highest BCUT2D eigenvalue weighted by Gasteiger charge is 2.28. The molecule has 0 saturated carbocycles. The smallest absolute Gasteiger partial charge is 0.0410 e. The standard InChI is InChI=1S/C24H35N/c1-23(2,3)18-17-20(24(4,5)6)19-25(21-13-9-7-10-14-21)22-15-11-8-12-16-22/h7-16,20H,17-19H2,1-6H3. The van der Waals surface area contributed by atoms with E-state index >= 15 is 0 Å². The van der Waals surface area contributed by atoms with Crippen molar-refractivity contribution < 1.29 is 0 Å². The van der Waals surface area contributed by atoms with Crippen LogP contribution in [-0.4, -0.2) is 6.54 Å². The zero-order chi connectivity index (χ0) is 18.5. The number of para-hydroxylation sites is 2. The van der Waals surface area contributed by atoms with Crippen molar-refractivity contribution >= 4 is 11.4 Å². The largest absolute Gasteiger partial charge is 0.341 e. The fourth-order valence-electron chi connectivity index (χ4n) is 3.20. The summed E-state index contributed by atoms with van der Waals surface area (Å²) >= 11 is 0. The maximum absolute atomic E-state index is 2.48. The summed E-state index contributed by atoms with van der Waals surface area (Å²) in [5.41, 5.74) is 3.22. The number of anilines is 2. The Kier molecular flexibility index (Phi) is 6.32. The van der Waals surface area contributed by atoms with Gasteiger partial charge in [-0.1, -0.05) is 77.9 Å². The van der Waals surface area contributed by atoms with E-state index < -0.39 is 0 Å². The molecule has 0 heterocycles. The van der Waals surface area contributed by atoms with Crippen molar-refractivity contribution in [1.82, 2.24) is 0 Å². The summed E-state index contributed by atoms with van der Waals surface area (Å²) in [7, 11) is 0. The van der Waals surface area contributed by atoms with Gasteiger partial charge in [-0.15, -0.1) is 0 Å². The van der Waals surface area contributed by atoms with Crippen LogP contribution in [0.4, 0.5) is 11.4 Å². The molecule has 2 aromatic rings. The highest BCUT2D eigenvalue weighted by Crippen LogP contribution is 2.37. The predicted molar refractivity (Wildman–Crippen MR) is 112 cm³/mol. The highest BCUT2D eigenvalue weighted by atomic mass is 15.1. The van der Waals surface area contributed by atoms with Gasteiger partial charge in [0.1, 0.15) is 0 Å². The second-order valence-electron chi connectivity index (χ2n) is 9.44. The monoisotopic (exact) mass is 337 g/mol. The van der Waals surface area contributed by atoms with E-state index in [9.17, 15) is 0 Å². The molecule has 0 N–H and O–H groups in total. The normalized spacial score (nSPS) is 13.5. The van der Waals surface area contributed by atoms with E-state index in [1.54, 1.807) is 0 Å². The first-order valence-electron chi connectivity index (χ1n) is 9.54. The van der Waals surface area contributed by atoms with Crippen LogP contribution in [0.5, 0.6) is 0 Å². The summed E-state index contributed by atoms with van der Waals surface area (Å²) in [6.07, 6.45) is 2.51. The van der Waals surface area contributed by atoms with Crippen LogP contribution in [0.15, 0.2) is 60.7 Å². The lowest BCUT2D eigenvalue weighted by Gasteiger charge is -2.38. The summed E-state index contributed by atoms with van der Waals surface area (Å²) in [5.74, 6) is 0.632. The van der Waals surface area contributed by atoms with Crippen molar-refractivity contribution in [3.8, 4) is 0 Å². The van der Waals surface area contributed by atoms with E-state index in [0.29, 0.717) is 11.3 Å². The highest BCUT2D eigenvalue weighted by molar-refractivity contribution is 5.62. The van der Waals surface area contributed by atoms with Crippen LogP contribution in [0.1, 0.15) is 54.4 Å². The minimum absolute atomic E-state index is 0.285. The van der Waals surface area contributed by atoms with Crippen molar-refractivity contribution in [3.05, 3.63) is 60.7 Å². The van der Waals surface area contributed by atoms with Crippen LogP contribution in [0.3, 0.4) is 0 Å². The Balaban J connectivity index is 2.29. The SMILES string of the molecule is CC(C)(C)CCC(CN(c1ccccc1)c1ccccc1)C(C)(C)C. The summed E-state index contributed by atoms with van der Waals surface area (Å²) in [6.45, 7) is 15.2. The van der Waals surface area contributed by atoms with E-state index in [0.717, 1.165) is 6.54 Å². The van der Waals surface area contributed by atoms with Crippen molar-refractivity contribution in [3.63, 3.8) is 0 Å². The Morgan fingerprint density at radius 2 is 1.16 bits per heavy atom. The number of nitrogens with zero attached hydrogens (tertiary/aromatic N) is 1. The molecule has 0 amide bonds. The topological polar surface area (TPSA) is 3.24 Å². The van der Waals surface area contributed by atoms with Gasteiger partial charge in [0.05, 0.1) is 0 Å². The first kappa shape index (κ1) is 19.6. The fourth-order valence-corrected chi connectivity index (χ4v) is 3.20. The van der Waals surface area contributed by atoms with Crippen LogP contribution in [0.2, 0.25) is 0 Å². The second-order valence-corrected chi connectivity index (χ2v) is 9.44. The van der Waals surface area contributed by atoms with E-state index in [1.165, 1.54) is 24.2 Å². The molecular formula is C24H35N. The van der Waals surface area contributed by atoms with Crippen molar-refractivity contribution in [2.75, 3.05) is 11.4 Å². The molecule has 0 saturated heterocycles. The molecule has 2 rings (SSSR count). The quantitative estimate of drug-likeness (QED) is 0.534. The molecule has 0 fully saturated rings. The number of rotatable bonds is 6. The van der Waals surface area contributed by atoms with Crippen LogP contribution in [0, 0.1) is 16.7 Å². The minimum Gasteiger partial charge on any atom is -0.341 e. The average molecular weight is 338 g/mol. The van der Waals surface area contributed by atoms with Crippen molar-refractivity contribution in [2.24, 2.45) is 16.7 Å². The fraction of sp³-hybridized carbons (Fsp3) is 0.500. The molecule has 2 aromatic carbocycles. The van der Waals surface area contributed by atoms with Crippen molar-refractivity contribution in [1.29, 1.82) is 0 Å². The molecule has 136 valence electrons. The van der Waals surface area contributed by atoms with E-state index in [4.69, 9.17) is 0 Å². The molecule has 0 bridgehead atoms. The zero-order valence-corrected chi connectivity index (χ0v) is 16.9. The number of hydrogen-bond acceptors (Lipinski definition) is 1.